The zero-order chi connectivity index (χ0) is 49.5. The molecular weight excluding hydrogens is 881 g/mol. The molecule has 1 aliphatic heterocycles. The minimum Gasteiger partial charge on any atom is -0.346 e. The molecule has 358 valence electrons. The van der Waals surface area contributed by atoms with Gasteiger partial charge in [0.1, 0.15) is 0 Å². The van der Waals surface area contributed by atoms with Gasteiger partial charge in [-0.05, 0) is 134 Å². The maximum absolute atomic E-state index is 5.79. The van der Waals surface area contributed by atoms with Gasteiger partial charge < -0.3 is 14.5 Å². The van der Waals surface area contributed by atoms with Gasteiger partial charge in [-0.25, -0.2) is 4.99 Å². The third-order valence-electron chi connectivity index (χ3n) is 13.6. The van der Waals surface area contributed by atoms with Crippen molar-refractivity contribution in [3.63, 3.8) is 0 Å². The first-order chi connectivity index (χ1) is 35.1. The van der Waals surface area contributed by atoms with Crippen LogP contribution in [-0.2, 0) is 6.42 Å². The van der Waals surface area contributed by atoms with Crippen LogP contribution in [0.2, 0.25) is 0 Å². The van der Waals surface area contributed by atoms with Crippen LogP contribution >= 0.6 is 10.0 Å². The average molecular weight is 949 g/mol. The minimum absolute atomic E-state index is 0.420. The maximum atomic E-state index is 5.79. The van der Waals surface area contributed by atoms with E-state index in [-0.39, 0.29) is 0 Å². The smallest absolute Gasteiger partial charge is 0.201 e. The van der Waals surface area contributed by atoms with E-state index >= 15 is 0 Å². The Morgan fingerprint density at radius 2 is 1.34 bits per heavy atom. The molecule has 0 bridgehead atoms. The molecule has 0 saturated carbocycles. The summed E-state index contributed by atoms with van der Waals surface area (Å²) in [6.45, 7) is 16.8. The van der Waals surface area contributed by atoms with Crippen LogP contribution in [0.15, 0.2) is 225 Å². The molecule has 1 N–H and O–H groups in total. The molecule has 1 atom stereocenters. The van der Waals surface area contributed by atoms with Gasteiger partial charge in [-0.3, -0.25) is 0 Å². The van der Waals surface area contributed by atoms with Gasteiger partial charge in [0.25, 0.3) is 0 Å². The number of anilines is 1. The molecule has 0 radical (unpaired) electrons. The van der Waals surface area contributed by atoms with E-state index in [1.165, 1.54) is 69.0 Å². The van der Waals surface area contributed by atoms with Gasteiger partial charge in [0, 0.05) is 58.7 Å². The summed E-state index contributed by atoms with van der Waals surface area (Å²) in [4.78, 5) is 11.1. The summed E-state index contributed by atoms with van der Waals surface area (Å²) in [5.74, 6) is 0. The first kappa shape index (κ1) is 48.7. The average Bonchev–Trinajstić information content (AvgIpc) is 3.95. The topological polar surface area (TPSA) is 34.2 Å². The van der Waals surface area contributed by atoms with E-state index in [1.807, 2.05) is 27.7 Å². The number of aliphatic imine (C=N–C) groups is 1. The van der Waals surface area contributed by atoms with Gasteiger partial charge in [-0.2, -0.15) is 0 Å². The molecule has 11 rings (SSSR count). The highest BCUT2D eigenvalue weighted by Gasteiger charge is 2.35. The molecule has 2 aromatic heterocycles. The molecule has 7 aromatic carbocycles. The van der Waals surface area contributed by atoms with Crippen LogP contribution < -0.4 is 5.32 Å². The van der Waals surface area contributed by atoms with Crippen molar-refractivity contribution in [2.24, 2.45) is 4.99 Å². The number of aryl methyl sites for hydroxylation is 1. The Bertz CT molecular complexity index is 3500. The van der Waals surface area contributed by atoms with Gasteiger partial charge in [0.05, 0.1) is 27.8 Å². The Morgan fingerprint density at radius 1 is 0.662 bits per heavy atom. The molecule has 0 spiro atoms. The van der Waals surface area contributed by atoms with E-state index in [4.69, 9.17) is 4.99 Å². The Balaban J connectivity index is 0.00000152. The fraction of sp³-hybridized carbons (Fsp3) is 0.197. The largest absolute Gasteiger partial charge is 0.346 e. The van der Waals surface area contributed by atoms with Crippen molar-refractivity contribution in [3.05, 3.63) is 227 Å². The number of benzene rings is 7. The third-order valence-corrected chi connectivity index (χ3v) is 17.5. The molecule has 4 nitrogen and oxygen atoms in total. The Hall–Kier alpha value is -7.34. The summed E-state index contributed by atoms with van der Waals surface area (Å²) in [5, 5.41) is 8.94. The van der Waals surface area contributed by atoms with Gasteiger partial charge in [0.2, 0.25) is 6.29 Å². The molecule has 3 heterocycles. The summed E-state index contributed by atoms with van der Waals surface area (Å²) >= 11 is 0. The van der Waals surface area contributed by atoms with Crippen LogP contribution in [0.1, 0.15) is 103 Å². The van der Waals surface area contributed by atoms with E-state index in [0.717, 1.165) is 59.2 Å². The number of hydrogen-bond donors (Lipinski definition) is 1. The summed E-state index contributed by atoms with van der Waals surface area (Å²) in [6.07, 6.45) is 21.8. The number of fused-ring (bicyclic) bond motifs is 7. The molecule has 1 aliphatic carbocycles. The van der Waals surface area contributed by atoms with E-state index in [9.17, 15) is 0 Å². The number of nitrogens with zero attached hydrogens (tertiary/aromatic N) is 3. The molecule has 9 aromatic rings. The Labute approximate surface area is 423 Å². The SMILES string of the molecule is C/C=C\C(=C/CC)S(c1ccccc1)(c1ccccc1)c1ccc2c(c1)c1c(/C=C\C)c(CC)ccc1n2C1N=C(c2ccc3c(c2)c2ccccc2n3C2=CC=CCC2)c2ccccc2N1.CC.CC. The van der Waals surface area contributed by atoms with Crippen molar-refractivity contribution >= 4 is 76.8 Å². The number of para-hydroxylation sites is 2. The summed E-state index contributed by atoms with van der Waals surface area (Å²) in [6, 6.07) is 58.9. The van der Waals surface area contributed by atoms with Crippen LogP contribution in [0.3, 0.4) is 0 Å². The lowest BCUT2D eigenvalue weighted by atomic mass is 9.97. The van der Waals surface area contributed by atoms with Crippen LogP contribution in [-0.4, -0.2) is 14.8 Å². The molecule has 0 saturated heterocycles. The molecule has 0 fully saturated rings. The van der Waals surface area contributed by atoms with Crippen molar-refractivity contribution in [1.29, 1.82) is 0 Å². The molecule has 2 aliphatic rings. The van der Waals surface area contributed by atoms with E-state index in [0.29, 0.717) is 0 Å². The quantitative estimate of drug-likeness (QED) is 0.129. The van der Waals surface area contributed by atoms with Crippen LogP contribution in [0, 0.1) is 0 Å². The van der Waals surface area contributed by atoms with Gasteiger partial charge in [-0.15, -0.1) is 10.0 Å². The first-order valence-electron chi connectivity index (χ1n) is 25.9. The minimum atomic E-state index is -1.94. The number of nitrogens with one attached hydrogen (secondary N) is 1. The van der Waals surface area contributed by atoms with Gasteiger partial charge in [-0.1, -0.05) is 169 Å². The summed E-state index contributed by atoms with van der Waals surface area (Å²) in [5.41, 5.74) is 13.0. The second-order valence-electron chi connectivity index (χ2n) is 17.4. The van der Waals surface area contributed by atoms with Crippen molar-refractivity contribution < 1.29 is 0 Å². The number of hydrogen-bond acceptors (Lipinski definition) is 2. The lowest BCUT2D eigenvalue weighted by Crippen LogP contribution is -2.24. The van der Waals surface area contributed by atoms with Crippen LogP contribution in [0.25, 0.3) is 55.4 Å². The first-order valence-corrected chi connectivity index (χ1v) is 27.5. The van der Waals surface area contributed by atoms with Gasteiger partial charge in [0.15, 0.2) is 0 Å². The zero-order valence-corrected chi connectivity index (χ0v) is 43.6. The number of rotatable bonds is 11. The van der Waals surface area contributed by atoms with Crippen molar-refractivity contribution in [1.82, 2.24) is 9.13 Å². The molecule has 1 unspecified atom stereocenters. The molecule has 5 heteroatoms. The highest BCUT2D eigenvalue weighted by Crippen LogP contribution is 2.74. The third kappa shape index (κ3) is 8.50. The lowest BCUT2D eigenvalue weighted by molar-refractivity contribution is 0.624. The van der Waals surface area contributed by atoms with Gasteiger partial charge >= 0.3 is 0 Å². The zero-order valence-electron chi connectivity index (χ0n) is 42.8. The second-order valence-corrected chi connectivity index (χ2v) is 20.5. The molecular formula is C66H68N4S. The summed E-state index contributed by atoms with van der Waals surface area (Å²) < 4.78 is 4.92. The second kappa shape index (κ2) is 21.7. The van der Waals surface area contributed by atoms with Crippen LogP contribution in [0.5, 0.6) is 0 Å². The predicted molar refractivity (Wildman–Crippen MR) is 312 cm³/mol. The highest BCUT2D eigenvalue weighted by atomic mass is 32.3. The molecule has 0 amide bonds. The summed E-state index contributed by atoms with van der Waals surface area (Å²) in [7, 11) is -1.94. The standard InChI is InChI=1S/C62H56N4S.2C2H6/c1-5-22-46(23-6-2)67(47-27-14-10-15-28-47,48-29-16-11-17-30-48)49-37-40-58-54(42-49)60-50(24-7-3)43(8-4)35-39-59(60)66(58)62-63-55-33-20-18-32-52(55)61(64-62)44-36-38-57-53(41-44)51-31-19-21-34-56(51)65(57)45-25-12-9-13-26-45;2*1-2/h5,7,9-12,14-25,27-42,62-63H,6,8,13,26H2,1-4H3;2*1-2H3/b22-5-,24-7-,46-23+;;. The van der Waals surface area contributed by atoms with E-state index in [2.05, 4.69) is 248 Å². The number of aromatic nitrogens is 2. The van der Waals surface area contributed by atoms with E-state index < -0.39 is 16.3 Å². The van der Waals surface area contributed by atoms with Crippen LogP contribution in [0.4, 0.5) is 5.69 Å². The lowest BCUT2D eigenvalue weighted by Gasteiger charge is -2.43. The fourth-order valence-electron chi connectivity index (χ4n) is 10.8. The van der Waals surface area contributed by atoms with Crippen molar-refractivity contribution in [2.75, 3.05) is 5.32 Å². The molecule has 71 heavy (non-hydrogen) atoms. The van der Waals surface area contributed by atoms with Crippen molar-refractivity contribution in [2.45, 2.75) is 102 Å². The van der Waals surface area contributed by atoms with Crippen molar-refractivity contribution in [3.8, 4) is 0 Å². The monoisotopic (exact) mass is 949 g/mol. The predicted octanol–water partition coefficient (Wildman–Crippen LogP) is 19.3. The highest BCUT2D eigenvalue weighted by molar-refractivity contribution is 8.37. The maximum Gasteiger partial charge on any atom is 0.201 e. The normalized spacial score (nSPS) is 15.0. The fourth-order valence-corrected chi connectivity index (χ4v) is 14.9. The number of allylic oxidation sites excluding steroid dienone is 8. The van der Waals surface area contributed by atoms with E-state index in [1.54, 1.807) is 0 Å². The Morgan fingerprint density at radius 3 is 2.03 bits per heavy atom. The Kier molecular flexibility index (Phi) is 14.9.